The lowest BCUT2D eigenvalue weighted by Gasteiger charge is -2.35. The number of aromatic amines is 8. The van der Waals surface area contributed by atoms with E-state index in [1.165, 1.54) is 11.8 Å². The number of fused-ring (bicyclic) bond motifs is 17. The summed E-state index contributed by atoms with van der Waals surface area (Å²) in [5.74, 6) is -0.468. The Morgan fingerprint density at radius 3 is 0.981 bits per heavy atom. The van der Waals surface area contributed by atoms with Gasteiger partial charge in [0.2, 0.25) is 5.12 Å². The Labute approximate surface area is 303 Å². The normalized spacial score (nSPS) is 17.5. The molecule has 254 valence electrons. The zero-order valence-corrected chi connectivity index (χ0v) is 28.8. The van der Waals surface area contributed by atoms with Crippen molar-refractivity contribution in [2.75, 3.05) is 0 Å². The Bertz CT molecular complexity index is 3160. The Kier molecular flexibility index (Phi) is 5.79. The van der Waals surface area contributed by atoms with Crippen molar-refractivity contribution >= 4 is 65.5 Å². The average Bonchev–Trinajstić information content (AvgIpc) is 3.98. The summed E-state index contributed by atoms with van der Waals surface area (Å²) in [6.07, 6.45) is 17.1. The van der Waals surface area contributed by atoms with Gasteiger partial charge in [0.15, 0.2) is 0 Å². The van der Waals surface area contributed by atoms with Crippen molar-refractivity contribution in [3.05, 3.63) is 183 Å². The molecule has 0 aromatic carbocycles. The first-order valence-corrected chi connectivity index (χ1v) is 18.5. The first-order chi connectivity index (χ1) is 26.0. The smallest absolute Gasteiger partial charge is 0.201 e. The molecule has 5 aliphatic rings. The molecule has 8 N–H and O–H groups in total. The number of hydrogen-bond donors (Lipinski definition) is 8. The van der Waals surface area contributed by atoms with Crippen LogP contribution < -0.4 is 42.8 Å². The minimum Gasteiger partial charge on any atom is -0.355 e. The molecule has 9 nitrogen and oxygen atoms in total. The molecule has 8 aromatic rings. The molecule has 18 bridgehead atoms. The van der Waals surface area contributed by atoms with Gasteiger partial charge in [-0.2, -0.15) is 0 Å². The summed E-state index contributed by atoms with van der Waals surface area (Å²) in [5, 5.41) is 7.86. The fourth-order valence-electron chi connectivity index (χ4n) is 8.49. The summed E-state index contributed by atoms with van der Waals surface area (Å²) >= 11 is 1.44. The predicted molar refractivity (Wildman–Crippen MR) is 208 cm³/mol. The predicted octanol–water partition coefficient (Wildman–Crippen LogP) is 1.38. The first-order valence-electron chi connectivity index (χ1n) is 17.7. The number of thioether (sulfide) groups is 1. The number of carbonyl (C=O) groups is 1. The van der Waals surface area contributed by atoms with E-state index in [2.05, 4.69) is 161 Å². The summed E-state index contributed by atoms with van der Waals surface area (Å²) in [7, 11) is 0. The number of hydrogen-bond acceptors (Lipinski definition) is 2. The standard InChI is InChI=1S/C43H30N8OS/c52-43-41-37-33-17-29-9-5-25(46-29)13-21-1-3-23(44-21)15-27-7-11-31(48-27)19-35(50-33)39(37)42(53-43)40-36-20-32-12-8-28(49-32)16-24-4-2-22(45-24)14-26-6-10-30(47-26)18-34(51-36)38(40)41/h1-20,41-42,44-51H. The van der Waals surface area contributed by atoms with E-state index in [-0.39, 0.29) is 10.4 Å². The SMILES string of the molecule is O=C1SC2c3c(c4[nH]c3=Cc3ccc([nH]3)C=c3ccc([nH]3)=Cc3ccc([nH]3)C=4)C1c1c2c2[nH]c1=Cc1ccc([nH]1)C=c1ccc([nH]1)=Cc1ccc([nH]1)C=2. The molecule has 0 spiro atoms. The molecule has 0 saturated carbocycles. The summed E-state index contributed by atoms with van der Waals surface area (Å²) in [4.78, 5) is 43.3. The lowest BCUT2D eigenvalue weighted by molar-refractivity contribution is -0.111. The molecule has 13 rings (SSSR count). The highest BCUT2D eigenvalue weighted by Gasteiger charge is 2.47. The Morgan fingerprint density at radius 2 is 0.642 bits per heavy atom. The fraction of sp³-hybridized carbons (Fsp3) is 0.0465. The molecule has 0 radical (unpaired) electrons. The molecular weight excluding hydrogens is 677 g/mol. The van der Waals surface area contributed by atoms with Gasteiger partial charge in [-0.3, -0.25) is 4.79 Å². The Morgan fingerprint density at radius 1 is 0.340 bits per heavy atom. The van der Waals surface area contributed by atoms with E-state index < -0.39 is 5.92 Å². The number of carbonyl (C=O) groups excluding carboxylic acids is 1. The van der Waals surface area contributed by atoms with Crippen LogP contribution in [0.5, 0.6) is 0 Å². The van der Waals surface area contributed by atoms with Crippen molar-refractivity contribution in [3.63, 3.8) is 0 Å². The van der Waals surface area contributed by atoms with Crippen LogP contribution in [0.3, 0.4) is 0 Å². The lowest BCUT2D eigenvalue weighted by Crippen LogP contribution is -2.36. The van der Waals surface area contributed by atoms with Crippen LogP contribution >= 0.6 is 11.8 Å². The highest BCUT2D eigenvalue weighted by molar-refractivity contribution is 8.14. The second-order valence-electron chi connectivity index (χ2n) is 14.2. The van der Waals surface area contributed by atoms with Gasteiger partial charge in [-0.15, -0.1) is 0 Å². The zero-order valence-electron chi connectivity index (χ0n) is 28.0. The van der Waals surface area contributed by atoms with Gasteiger partial charge in [0.1, 0.15) is 0 Å². The van der Waals surface area contributed by atoms with Crippen LogP contribution in [-0.2, 0) is 4.79 Å². The van der Waals surface area contributed by atoms with E-state index in [0.29, 0.717) is 0 Å². The van der Waals surface area contributed by atoms with Crippen LogP contribution in [0.15, 0.2) is 72.8 Å². The van der Waals surface area contributed by atoms with Gasteiger partial charge >= 0.3 is 0 Å². The Balaban J connectivity index is 1.14. The largest absolute Gasteiger partial charge is 0.355 e. The van der Waals surface area contributed by atoms with Crippen LogP contribution in [0, 0.1) is 0 Å². The molecule has 0 amide bonds. The van der Waals surface area contributed by atoms with E-state index in [0.717, 1.165) is 111 Å². The van der Waals surface area contributed by atoms with E-state index in [1.807, 2.05) is 0 Å². The van der Waals surface area contributed by atoms with Gasteiger partial charge in [0, 0.05) is 99.5 Å². The quantitative estimate of drug-likeness (QED) is 0.121. The molecular formula is C43H30N8OS. The second-order valence-corrected chi connectivity index (χ2v) is 15.3. The first kappa shape index (κ1) is 28.9. The Hall–Kier alpha value is -6.78. The number of aromatic nitrogens is 8. The molecule has 0 fully saturated rings. The van der Waals surface area contributed by atoms with Crippen molar-refractivity contribution in [1.82, 2.24) is 39.9 Å². The van der Waals surface area contributed by atoms with E-state index in [9.17, 15) is 4.79 Å². The highest BCUT2D eigenvalue weighted by atomic mass is 32.2. The monoisotopic (exact) mass is 706 g/mol. The van der Waals surface area contributed by atoms with Crippen molar-refractivity contribution in [2.24, 2.45) is 0 Å². The van der Waals surface area contributed by atoms with E-state index >= 15 is 0 Å². The molecule has 4 aliphatic heterocycles. The van der Waals surface area contributed by atoms with Crippen LogP contribution in [0.25, 0.3) is 48.6 Å². The van der Waals surface area contributed by atoms with Gasteiger partial charge in [-0.05, 0) is 133 Å². The molecule has 12 heterocycles. The fourth-order valence-corrected chi connectivity index (χ4v) is 9.84. The molecule has 8 aromatic heterocycles. The van der Waals surface area contributed by atoms with Crippen molar-refractivity contribution < 1.29 is 4.79 Å². The van der Waals surface area contributed by atoms with Gasteiger partial charge < -0.3 is 39.9 Å². The average molecular weight is 707 g/mol. The van der Waals surface area contributed by atoms with Crippen LogP contribution in [0.4, 0.5) is 0 Å². The van der Waals surface area contributed by atoms with E-state index in [1.54, 1.807) is 0 Å². The molecule has 0 unspecified atom stereocenters. The van der Waals surface area contributed by atoms with Crippen LogP contribution in [0.2, 0.25) is 0 Å². The third-order valence-corrected chi connectivity index (χ3v) is 11.9. The van der Waals surface area contributed by atoms with Crippen molar-refractivity contribution in [3.8, 4) is 0 Å². The molecule has 0 atom stereocenters. The highest BCUT2D eigenvalue weighted by Crippen LogP contribution is 2.52. The minimum absolute atomic E-state index is 0.159. The van der Waals surface area contributed by atoms with Crippen molar-refractivity contribution in [1.29, 1.82) is 0 Å². The molecule has 53 heavy (non-hydrogen) atoms. The lowest BCUT2D eigenvalue weighted by atomic mass is 9.79. The maximum Gasteiger partial charge on any atom is 0.201 e. The summed E-state index contributed by atoms with van der Waals surface area (Å²) in [5.41, 5.74) is 12.2. The van der Waals surface area contributed by atoms with Gasteiger partial charge in [-0.1, -0.05) is 11.8 Å². The van der Waals surface area contributed by atoms with Crippen LogP contribution in [-0.4, -0.2) is 45.0 Å². The number of rotatable bonds is 0. The maximum absolute atomic E-state index is 14.4. The summed E-state index contributed by atoms with van der Waals surface area (Å²) < 4.78 is 0. The topological polar surface area (TPSA) is 143 Å². The van der Waals surface area contributed by atoms with Gasteiger partial charge in [0.25, 0.3) is 0 Å². The molecule has 0 saturated heterocycles. The number of nitrogens with one attached hydrogen (secondary N) is 8. The van der Waals surface area contributed by atoms with Gasteiger partial charge in [0.05, 0.1) is 11.2 Å². The third kappa shape index (κ3) is 4.62. The minimum atomic E-state index is -0.468. The molecule has 1 aliphatic carbocycles. The molecule has 10 heteroatoms. The zero-order chi connectivity index (χ0) is 34.8. The second kappa shape index (κ2) is 10.6. The van der Waals surface area contributed by atoms with Gasteiger partial charge in [-0.25, -0.2) is 0 Å². The van der Waals surface area contributed by atoms with E-state index in [4.69, 9.17) is 0 Å². The number of H-pyrrole nitrogens is 8. The summed E-state index contributed by atoms with van der Waals surface area (Å²) in [6, 6.07) is 25.1. The van der Waals surface area contributed by atoms with Crippen molar-refractivity contribution in [2.45, 2.75) is 11.2 Å². The summed E-state index contributed by atoms with van der Waals surface area (Å²) in [6.45, 7) is 0. The third-order valence-electron chi connectivity index (χ3n) is 10.7. The maximum atomic E-state index is 14.4. The van der Waals surface area contributed by atoms with Crippen LogP contribution in [0.1, 0.15) is 79.0 Å².